The Bertz CT molecular complexity index is 1170. The first kappa shape index (κ1) is 20.8. The Morgan fingerprint density at radius 1 is 1.26 bits per heavy atom. The molecule has 0 aliphatic carbocycles. The number of amides is 1. The lowest BCUT2D eigenvalue weighted by Crippen LogP contribution is -2.35. The van der Waals surface area contributed by atoms with Crippen LogP contribution in [0.5, 0.6) is 0 Å². The van der Waals surface area contributed by atoms with E-state index in [0.717, 1.165) is 60.5 Å². The molecule has 1 amide bonds. The van der Waals surface area contributed by atoms with Crippen LogP contribution in [-0.4, -0.2) is 35.0 Å². The predicted octanol–water partition coefficient (Wildman–Crippen LogP) is 3.30. The van der Waals surface area contributed by atoms with Gasteiger partial charge in [-0.3, -0.25) is 4.79 Å². The molecule has 0 saturated carbocycles. The molecule has 1 aliphatic heterocycles. The molecule has 1 saturated heterocycles. The summed E-state index contributed by atoms with van der Waals surface area (Å²) >= 11 is 0. The molecule has 8 heteroatoms. The Kier molecular flexibility index (Phi) is 5.88. The van der Waals surface area contributed by atoms with Gasteiger partial charge in [-0.05, 0) is 37.5 Å². The molecule has 4 rings (SSSR count). The highest BCUT2D eigenvalue weighted by molar-refractivity contribution is 5.83. The molecular formula is C23H27N5O3. The van der Waals surface area contributed by atoms with E-state index >= 15 is 0 Å². The number of hydrogen-bond donors (Lipinski definition) is 2. The summed E-state index contributed by atoms with van der Waals surface area (Å²) in [5.74, 6) is 1.33. The van der Waals surface area contributed by atoms with E-state index in [-0.39, 0.29) is 17.6 Å². The second kappa shape index (κ2) is 8.75. The van der Waals surface area contributed by atoms with Gasteiger partial charge in [0.15, 0.2) is 0 Å². The minimum absolute atomic E-state index is 0.0123. The summed E-state index contributed by atoms with van der Waals surface area (Å²) in [6.07, 6.45) is 2.71. The first-order valence-corrected chi connectivity index (χ1v) is 10.6. The van der Waals surface area contributed by atoms with Crippen LogP contribution in [0.3, 0.4) is 0 Å². The summed E-state index contributed by atoms with van der Waals surface area (Å²) in [5.41, 5.74) is 2.74. The van der Waals surface area contributed by atoms with E-state index in [9.17, 15) is 9.59 Å². The summed E-state index contributed by atoms with van der Waals surface area (Å²) in [6.45, 7) is 7.10. The van der Waals surface area contributed by atoms with Gasteiger partial charge in [0, 0.05) is 61.0 Å². The number of rotatable bonds is 6. The van der Waals surface area contributed by atoms with E-state index in [0.29, 0.717) is 11.5 Å². The molecule has 3 heterocycles. The van der Waals surface area contributed by atoms with Crippen molar-refractivity contribution in [2.24, 2.45) is 0 Å². The first-order chi connectivity index (χ1) is 14.9. The molecular weight excluding hydrogens is 394 g/mol. The predicted molar refractivity (Wildman–Crippen MR) is 121 cm³/mol. The van der Waals surface area contributed by atoms with Crippen LogP contribution in [0.15, 0.2) is 39.5 Å². The zero-order valence-corrected chi connectivity index (χ0v) is 18.1. The average molecular weight is 422 g/mol. The normalized spacial score (nSPS) is 16.0. The van der Waals surface area contributed by atoms with Crippen molar-refractivity contribution in [3.8, 4) is 0 Å². The van der Waals surface area contributed by atoms with Gasteiger partial charge in [-0.25, -0.2) is 9.78 Å². The standard InChI is InChI=1S/C23H27N5O3/c1-4-5-16-12-21(28-9-8-18(13-28)24-15(3)29)27-23(25-16)26-17-6-7-19-14(2)10-22(30)31-20(19)11-17/h6-7,10-12,18H,4-5,8-9,13H2,1-3H3,(H,24,29)(H,25,26,27). The Balaban J connectivity index is 1.61. The second-order valence-electron chi connectivity index (χ2n) is 8.01. The highest BCUT2D eigenvalue weighted by atomic mass is 16.4. The molecule has 3 aromatic rings. The first-order valence-electron chi connectivity index (χ1n) is 10.6. The van der Waals surface area contributed by atoms with E-state index in [2.05, 4.69) is 27.4 Å². The van der Waals surface area contributed by atoms with Gasteiger partial charge in [0.1, 0.15) is 11.4 Å². The molecule has 1 fully saturated rings. The molecule has 1 aliphatic rings. The summed E-state index contributed by atoms with van der Waals surface area (Å²) in [7, 11) is 0. The Labute approximate surface area is 180 Å². The number of hydrogen-bond acceptors (Lipinski definition) is 7. The number of carbonyl (C=O) groups is 1. The maximum atomic E-state index is 11.7. The number of aromatic nitrogens is 2. The van der Waals surface area contributed by atoms with Crippen molar-refractivity contribution in [3.05, 3.63) is 52.0 Å². The number of anilines is 3. The van der Waals surface area contributed by atoms with Gasteiger partial charge in [-0.15, -0.1) is 0 Å². The third-order valence-electron chi connectivity index (χ3n) is 5.40. The van der Waals surface area contributed by atoms with Crippen molar-refractivity contribution in [2.75, 3.05) is 23.3 Å². The van der Waals surface area contributed by atoms with E-state index in [4.69, 9.17) is 9.40 Å². The second-order valence-corrected chi connectivity index (χ2v) is 8.01. The summed E-state index contributed by atoms with van der Waals surface area (Å²) < 4.78 is 5.35. The highest BCUT2D eigenvalue weighted by Gasteiger charge is 2.24. The zero-order chi connectivity index (χ0) is 22.0. The molecule has 0 spiro atoms. The monoisotopic (exact) mass is 421 g/mol. The van der Waals surface area contributed by atoms with Crippen molar-refractivity contribution in [1.82, 2.24) is 15.3 Å². The van der Waals surface area contributed by atoms with Crippen LogP contribution < -0.4 is 21.2 Å². The van der Waals surface area contributed by atoms with E-state index in [1.54, 1.807) is 13.0 Å². The van der Waals surface area contributed by atoms with Gasteiger partial charge < -0.3 is 20.0 Å². The molecule has 162 valence electrons. The largest absolute Gasteiger partial charge is 0.423 e. The fourth-order valence-corrected chi connectivity index (χ4v) is 3.99. The molecule has 1 atom stereocenters. The lowest BCUT2D eigenvalue weighted by atomic mass is 10.1. The SMILES string of the molecule is CCCc1cc(N2CCC(NC(C)=O)C2)nc(Nc2ccc3c(C)cc(=O)oc3c2)n1. The van der Waals surface area contributed by atoms with Gasteiger partial charge in [0.05, 0.1) is 0 Å². The number of benzene rings is 1. The highest BCUT2D eigenvalue weighted by Crippen LogP contribution is 2.25. The van der Waals surface area contributed by atoms with Crippen LogP contribution in [0.2, 0.25) is 0 Å². The number of fused-ring (bicyclic) bond motifs is 1. The van der Waals surface area contributed by atoms with Crippen LogP contribution in [-0.2, 0) is 11.2 Å². The lowest BCUT2D eigenvalue weighted by Gasteiger charge is -2.19. The van der Waals surface area contributed by atoms with Crippen LogP contribution in [0.4, 0.5) is 17.5 Å². The lowest BCUT2D eigenvalue weighted by molar-refractivity contribution is -0.119. The van der Waals surface area contributed by atoms with Crippen LogP contribution >= 0.6 is 0 Å². The molecule has 0 bridgehead atoms. The van der Waals surface area contributed by atoms with Crippen molar-refractivity contribution in [3.63, 3.8) is 0 Å². The molecule has 0 radical (unpaired) electrons. The number of nitrogens with zero attached hydrogens (tertiary/aromatic N) is 3. The topological polar surface area (TPSA) is 100 Å². The van der Waals surface area contributed by atoms with Crippen molar-refractivity contribution in [2.45, 2.75) is 46.1 Å². The molecule has 1 aromatic carbocycles. The minimum atomic E-state index is -0.367. The van der Waals surface area contributed by atoms with E-state index in [1.807, 2.05) is 25.1 Å². The Hall–Kier alpha value is -3.42. The van der Waals surface area contributed by atoms with Gasteiger partial charge in [-0.1, -0.05) is 13.3 Å². The van der Waals surface area contributed by atoms with Crippen molar-refractivity contribution >= 4 is 34.3 Å². The molecule has 8 nitrogen and oxygen atoms in total. The van der Waals surface area contributed by atoms with Gasteiger partial charge in [0.25, 0.3) is 0 Å². The third kappa shape index (κ3) is 4.84. The Morgan fingerprint density at radius 2 is 2.10 bits per heavy atom. The maximum absolute atomic E-state index is 11.7. The number of nitrogens with one attached hydrogen (secondary N) is 2. The molecule has 31 heavy (non-hydrogen) atoms. The van der Waals surface area contributed by atoms with Crippen LogP contribution in [0, 0.1) is 6.92 Å². The summed E-state index contributed by atoms with van der Waals surface area (Å²) in [4.78, 5) is 34.7. The fraction of sp³-hybridized carbons (Fsp3) is 0.391. The van der Waals surface area contributed by atoms with Crippen molar-refractivity contribution < 1.29 is 9.21 Å². The third-order valence-corrected chi connectivity index (χ3v) is 5.40. The van der Waals surface area contributed by atoms with E-state index < -0.39 is 0 Å². The molecule has 2 N–H and O–H groups in total. The van der Waals surface area contributed by atoms with Crippen molar-refractivity contribution in [1.29, 1.82) is 0 Å². The fourth-order valence-electron chi connectivity index (χ4n) is 3.99. The van der Waals surface area contributed by atoms with Gasteiger partial charge >= 0.3 is 5.63 Å². The van der Waals surface area contributed by atoms with Gasteiger partial charge in [0.2, 0.25) is 11.9 Å². The molecule has 2 aromatic heterocycles. The summed E-state index contributed by atoms with van der Waals surface area (Å²) in [6, 6.07) is 9.28. The van der Waals surface area contributed by atoms with Gasteiger partial charge in [-0.2, -0.15) is 4.98 Å². The summed E-state index contributed by atoms with van der Waals surface area (Å²) in [5, 5.41) is 7.14. The maximum Gasteiger partial charge on any atom is 0.336 e. The quantitative estimate of drug-likeness (QED) is 0.589. The van der Waals surface area contributed by atoms with Crippen LogP contribution in [0.1, 0.15) is 37.9 Å². The average Bonchev–Trinajstić information content (AvgIpc) is 3.15. The Morgan fingerprint density at radius 3 is 2.87 bits per heavy atom. The zero-order valence-electron chi connectivity index (χ0n) is 18.1. The smallest absolute Gasteiger partial charge is 0.336 e. The van der Waals surface area contributed by atoms with E-state index in [1.165, 1.54) is 6.07 Å². The van der Waals surface area contributed by atoms with Crippen LogP contribution in [0.25, 0.3) is 11.0 Å². The molecule has 1 unspecified atom stereocenters. The minimum Gasteiger partial charge on any atom is -0.423 e. The number of carbonyl (C=O) groups excluding carboxylic acids is 1. The number of aryl methyl sites for hydroxylation is 2.